The Bertz CT molecular complexity index is 451. The fourth-order valence-electron chi connectivity index (χ4n) is 1.03. The number of nitrogen functional groups attached to an aromatic ring is 1. The van der Waals surface area contributed by atoms with Crippen LogP contribution < -0.4 is 11.1 Å². The van der Waals surface area contributed by atoms with Gasteiger partial charge in [-0.15, -0.1) is 0 Å². The van der Waals surface area contributed by atoms with Crippen molar-refractivity contribution >= 4 is 29.0 Å². The summed E-state index contributed by atoms with van der Waals surface area (Å²) in [4.78, 5) is 11.5. The average Bonchev–Trinajstić information content (AvgIpc) is 2.74. The summed E-state index contributed by atoms with van der Waals surface area (Å²) in [7, 11) is 0. The molecule has 0 saturated carbocycles. The lowest BCUT2D eigenvalue weighted by atomic mass is 10.3. The Labute approximate surface area is 90.3 Å². The van der Waals surface area contributed by atoms with Gasteiger partial charge in [0.05, 0.1) is 17.9 Å². The molecular formula is C9H8N4OS. The molecule has 0 radical (unpaired) electrons. The van der Waals surface area contributed by atoms with Crippen LogP contribution in [0.5, 0.6) is 0 Å². The van der Waals surface area contributed by atoms with E-state index in [4.69, 9.17) is 5.73 Å². The second-order valence-corrected chi connectivity index (χ2v) is 3.43. The minimum absolute atomic E-state index is 0.270. The number of hydrogen-bond donors (Lipinski definition) is 2. The van der Waals surface area contributed by atoms with Gasteiger partial charge in [-0.1, -0.05) is 0 Å². The van der Waals surface area contributed by atoms with Gasteiger partial charge in [0.1, 0.15) is 0 Å². The quantitative estimate of drug-likeness (QED) is 0.749. The van der Waals surface area contributed by atoms with Crippen molar-refractivity contribution in [1.82, 2.24) is 8.75 Å². The fraction of sp³-hybridized carbons (Fsp3) is 0. The molecule has 0 bridgehead atoms. The number of nitrogens with one attached hydrogen (secondary N) is 1. The lowest BCUT2D eigenvalue weighted by Crippen LogP contribution is -2.11. The van der Waals surface area contributed by atoms with Crippen LogP contribution in [0.15, 0.2) is 30.5 Å². The molecule has 5 nitrogen and oxygen atoms in total. The molecule has 0 saturated heterocycles. The number of aromatic nitrogens is 2. The first kappa shape index (κ1) is 9.60. The van der Waals surface area contributed by atoms with E-state index in [1.807, 2.05) is 0 Å². The number of amides is 1. The molecule has 3 N–H and O–H groups in total. The summed E-state index contributed by atoms with van der Waals surface area (Å²) in [5.41, 5.74) is 7.17. The molecule has 15 heavy (non-hydrogen) atoms. The molecule has 1 heterocycles. The number of hydrogen-bond acceptors (Lipinski definition) is 5. The van der Waals surface area contributed by atoms with Crippen molar-refractivity contribution in [3.8, 4) is 0 Å². The van der Waals surface area contributed by atoms with E-state index >= 15 is 0 Å². The summed E-state index contributed by atoms with van der Waals surface area (Å²) >= 11 is 1.00. The van der Waals surface area contributed by atoms with Gasteiger partial charge in [0.25, 0.3) is 5.91 Å². The monoisotopic (exact) mass is 220 g/mol. The normalized spacial score (nSPS) is 9.87. The average molecular weight is 220 g/mol. The zero-order valence-corrected chi connectivity index (χ0v) is 8.49. The molecule has 1 amide bonds. The van der Waals surface area contributed by atoms with Crippen molar-refractivity contribution < 1.29 is 4.79 Å². The molecule has 0 fully saturated rings. The van der Waals surface area contributed by atoms with Crippen molar-refractivity contribution in [1.29, 1.82) is 0 Å². The van der Waals surface area contributed by atoms with E-state index in [1.165, 1.54) is 6.20 Å². The zero-order chi connectivity index (χ0) is 10.7. The first-order valence-electron chi connectivity index (χ1n) is 4.20. The third-order valence-electron chi connectivity index (χ3n) is 1.76. The zero-order valence-electron chi connectivity index (χ0n) is 7.68. The van der Waals surface area contributed by atoms with Crippen LogP contribution in [0.2, 0.25) is 0 Å². The largest absolute Gasteiger partial charge is 0.399 e. The summed E-state index contributed by atoms with van der Waals surface area (Å²) in [6.45, 7) is 0. The summed E-state index contributed by atoms with van der Waals surface area (Å²) in [5, 5.41) is 2.68. The van der Waals surface area contributed by atoms with Crippen molar-refractivity contribution in [2.24, 2.45) is 0 Å². The van der Waals surface area contributed by atoms with Gasteiger partial charge in [-0.25, -0.2) is 0 Å². The minimum atomic E-state index is -0.270. The highest BCUT2D eigenvalue weighted by Crippen LogP contribution is 2.11. The minimum Gasteiger partial charge on any atom is -0.399 e. The predicted octanol–water partition coefficient (Wildman–Crippen LogP) is 1.37. The van der Waals surface area contributed by atoms with Crippen molar-refractivity contribution in [2.75, 3.05) is 11.1 Å². The molecule has 1 aromatic heterocycles. The summed E-state index contributed by atoms with van der Waals surface area (Å²) < 4.78 is 7.57. The standard InChI is InChI=1S/C9H8N4OS/c10-6-1-3-7(4-2-6)12-9(14)8-5-11-15-13-8/h1-5H,10H2,(H,12,14). The second kappa shape index (κ2) is 4.05. The Balaban J connectivity index is 2.09. The van der Waals surface area contributed by atoms with E-state index in [0.29, 0.717) is 17.1 Å². The van der Waals surface area contributed by atoms with Crippen LogP contribution in [0.1, 0.15) is 10.5 Å². The SMILES string of the molecule is Nc1ccc(NC(=O)c2cnsn2)cc1. The molecule has 76 valence electrons. The predicted molar refractivity (Wildman–Crippen MR) is 58.7 cm³/mol. The maximum Gasteiger partial charge on any atom is 0.277 e. The maximum absolute atomic E-state index is 11.5. The third kappa shape index (κ3) is 2.29. The lowest BCUT2D eigenvalue weighted by Gasteiger charge is -2.02. The first-order valence-corrected chi connectivity index (χ1v) is 4.93. The Morgan fingerprint density at radius 3 is 2.67 bits per heavy atom. The first-order chi connectivity index (χ1) is 7.25. The topological polar surface area (TPSA) is 80.9 Å². The van der Waals surface area contributed by atoms with E-state index in [0.717, 1.165) is 11.7 Å². The smallest absolute Gasteiger partial charge is 0.277 e. The number of benzene rings is 1. The molecule has 0 atom stereocenters. The lowest BCUT2D eigenvalue weighted by molar-refractivity contribution is 0.102. The molecule has 0 spiro atoms. The molecule has 1 aromatic carbocycles. The van der Waals surface area contributed by atoms with E-state index in [-0.39, 0.29) is 5.91 Å². The van der Waals surface area contributed by atoms with Crippen molar-refractivity contribution in [3.05, 3.63) is 36.2 Å². The number of nitrogens with zero attached hydrogens (tertiary/aromatic N) is 2. The van der Waals surface area contributed by atoms with E-state index in [9.17, 15) is 4.79 Å². The number of nitrogens with two attached hydrogens (primary N) is 1. The highest BCUT2D eigenvalue weighted by molar-refractivity contribution is 6.99. The van der Waals surface area contributed by atoms with Crippen LogP contribution in [0.3, 0.4) is 0 Å². The summed E-state index contributed by atoms with van der Waals surface area (Å²) in [6, 6.07) is 6.89. The fourth-order valence-corrected chi connectivity index (χ4v) is 1.44. The summed E-state index contributed by atoms with van der Waals surface area (Å²) in [6.07, 6.45) is 1.43. The van der Waals surface area contributed by atoms with Gasteiger partial charge in [-0.3, -0.25) is 4.79 Å². The van der Waals surface area contributed by atoms with Gasteiger partial charge in [-0.2, -0.15) is 8.75 Å². The molecule has 0 unspecified atom stereocenters. The Morgan fingerprint density at radius 1 is 1.33 bits per heavy atom. The van der Waals surface area contributed by atoms with Crippen LogP contribution in [0.25, 0.3) is 0 Å². The molecule has 0 aliphatic heterocycles. The van der Waals surface area contributed by atoms with Crippen molar-refractivity contribution in [2.45, 2.75) is 0 Å². The van der Waals surface area contributed by atoms with E-state index in [1.54, 1.807) is 24.3 Å². The number of carbonyl (C=O) groups is 1. The molecule has 2 aromatic rings. The van der Waals surface area contributed by atoms with E-state index < -0.39 is 0 Å². The molecule has 2 rings (SSSR count). The number of anilines is 2. The Morgan fingerprint density at radius 2 is 2.07 bits per heavy atom. The number of rotatable bonds is 2. The van der Waals surface area contributed by atoms with Gasteiger partial charge in [0.2, 0.25) is 0 Å². The van der Waals surface area contributed by atoms with Crippen LogP contribution in [0, 0.1) is 0 Å². The van der Waals surface area contributed by atoms with Crippen LogP contribution in [-0.4, -0.2) is 14.7 Å². The van der Waals surface area contributed by atoms with Gasteiger partial charge < -0.3 is 11.1 Å². The molecular weight excluding hydrogens is 212 g/mol. The maximum atomic E-state index is 11.5. The van der Waals surface area contributed by atoms with Crippen LogP contribution in [0.4, 0.5) is 11.4 Å². The second-order valence-electron chi connectivity index (χ2n) is 2.87. The van der Waals surface area contributed by atoms with Crippen LogP contribution in [-0.2, 0) is 0 Å². The third-order valence-corrected chi connectivity index (χ3v) is 2.24. The Kier molecular flexibility index (Phi) is 2.59. The molecule has 0 aliphatic rings. The van der Waals surface area contributed by atoms with Crippen LogP contribution >= 0.6 is 11.7 Å². The molecule has 6 heteroatoms. The molecule has 0 aliphatic carbocycles. The van der Waals surface area contributed by atoms with Crippen molar-refractivity contribution in [3.63, 3.8) is 0 Å². The highest BCUT2D eigenvalue weighted by atomic mass is 32.1. The number of carbonyl (C=O) groups excluding carboxylic acids is 1. The van der Waals surface area contributed by atoms with Gasteiger partial charge in [-0.05, 0) is 24.3 Å². The summed E-state index contributed by atoms with van der Waals surface area (Å²) in [5.74, 6) is -0.270. The van der Waals surface area contributed by atoms with E-state index in [2.05, 4.69) is 14.1 Å². The van der Waals surface area contributed by atoms with Gasteiger partial charge >= 0.3 is 0 Å². The van der Waals surface area contributed by atoms with Gasteiger partial charge in [0, 0.05) is 11.4 Å². The van der Waals surface area contributed by atoms with Gasteiger partial charge in [0.15, 0.2) is 5.69 Å². The highest BCUT2D eigenvalue weighted by Gasteiger charge is 2.08. The Hall–Kier alpha value is -1.95.